The van der Waals surface area contributed by atoms with Crippen LogP contribution in [-0.4, -0.2) is 36.3 Å². The Hall–Kier alpha value is -2.77. The SMILES string of the molecule is COc1cc(C(F)(F)F)ccc1-c1oc(C(=O)C2CCC3CCC(=O)N3C2)cc1C. The average Bonchev–Trinajstić information content (AvgIpc) is 3.28. The molecule has 0 saturated carbocycles. The first-order chi connectivity index (χ1) is 14.2. The van der Waals surface area contributed by atoms with Crippen molar-refractivity contribution in [2.75, 3.05) is 13.7 Å². The van der Waals surface area contributed by atoms with Crippen molar-refractivity contribution < 1.29 is 31.9 Å². The van der Waals surface area contributed by atoms with Crippen LogP contribution >= 0.6 is 0 Å². The molecule has 2 unspecified atom stereocenters. The van der Waals surface area contributed by atoms with Gasteiger partial charge in [0.15, 0.2) is 5.76 Å². The van der Waals surface area contributed by atoms with Crippen LogP contribution in [0.3, 0.4) is 0 Å². The number of Topliss-reactive ketones (excluding diaryl/α,β-unsaturated/α-hetero) is 1. The third kappa shape index (κ3) is 3.59. The van der Waals surface area contributed by atoms with Crippen molar-refractivity contribution >= 4 is 11.7 Å². The second-order valence-corrected chi connectivity index (χ2v) is 7.91. The number of hydrogen-bond acceptors (Lipinski definition) is 4. The van der Waals surface area contributed by atoms with Gasteiger partial charge in [-0.1, -0.05) is 0 Å². The molecule has 0 bridgehead atoms. The summed E-state index contributed by atoms with van der Waals surface area (Å²) >= 11 is 0. The number of carbonyl (C=O) groups is 2. The zero-order valence-electron chi connectivity index (χ0n) is 16.7. The van der Waals surface area contributed by atoms with E-state index >= 15 is 0 Å². The van der Waals surface area contributed by atoms with Gasteiger partial charge in [-0.3, -0.25) is 9.59 Å². The molecule has 1 aromatic heterocycles. The number of piperidine rings is 1. The van der Waals surface area contributed by atoms with Gasteiger partial charge in [-0.15, -0.1) is 0 Å². The highest BCUT2D eigenvalue weighted by Crippen LogP contribution is 2.40. The van der Waals surface area contributed by atoms with Crippen LogP contribution in [0.15, 0.2) is 28.7 Å². The first-order valence-electron chi connectivity index (χ1n) is 9.88. The maximum absolute atomic E-state index is 13.0. The Morgan fingerprint density at radius 2 is 1.97 bits per heavy atom. The summed E-state index contributed by atoms with van der Waals surface area (Å²) in [6.07, 6.45) is -1.63. The van der Waals surface area contributed by atoms with Crippen LogP contribution in [-0.2, 0) is 11.0 Å². The maximum Gasteiger partial charge on any atom is 0.416 e. The number of hydrogen-bond donors (Lipinski definition) is 0. The predicted molar refractivity (Wildman–Crippen MR) is 102 cm³/mol. The molecule has 5 nitrogen and oxygen atoms in total. The van der Waals surface area contributed by atoms with Gasteiger partial charge in [0.2, 0.25) is 11.7 Å². The van der Waals surface area contributed by atoms with Gasteiger partial charge in [-0.2, -0.15) is 13.2 Å². The van der Waals surface area contributed by atoms with Crippen molar-refractivity contribution in [3.8, 4) is 17.1 Å². The van der Waals surface area contributed by atoms with Crippen LogP contribution < -0.4 is 4.74 Å². The monoisotopic (exact) mass is 421 g/mol. The topological polar surface area (TPSA) is 59.8 Å². The third-order valence-electron chi connectivity index (χ3n) is 6.02. The minimum absolute atomic E-state index is 0.0180. The zero-order chi connectivity index (χ0) is 21.6. The molecule has 2 fully saturated rings. The molecule has 2 aliphatic rings. The fourth-order valence-corrected chi connectivity index (χ4v) is 4.41. The highest BCUT2D eigenvalue weighted by molar-refractivity contribution is 5.97. The van der Waals surface area contributed by atoms with Crippen LogP contribution in [0, 0.1) is 12.8 Å². The van der Waals surface area contributed by atoms with Crippen LogP contribution in [0.2, 0.25) is 0 Å². The molecule has 2 saturated heterocycles. The standard InChI is InChI=1S/C22H22F3NO4/c1-12-9-18(20(28)13-3-5-15-6-8-19(27)26(15)11-13)30-21(12)16-7-4-14(22(23,24)25)10-17(16)29-2/h4,7,9-10,13,15H,3,5-6,8,11H2,1-2H3. The molecule has 160 valence electrons. The summed E-state index contributed by atoms with van der Waals surface area (Å²) in [5.41, 5.74) is 0.151. The first kappa shape index (κ1) is 20.5. The summed E-state index contributed by atoms with van der Waals surface area (Å²) in [4.78, 5) is 26.8. The lowest BCUT2D eigenvalue weighted by Crippen LogP contribution is -2.43. The highest BCUT2D eigenvalue weighted by Gasteiger charge is 2.39. The Bertz CT molecular complexity index is 995. The van der Waals surface area contributed by atoms with Crippen LogP contribution in [0.1, 0.15) is 47.4 Å². The molecular weight excluding hydrogens is 399 g/mol. The van der Waals surface area contributed by atoms with Gasteiger partial charge in [0.1, 0.15) is 11.5 Å². The number of alkyl halides is 3. The molecule has 0 radical (unpaired) electrons. The number of amides is 1. The number of halogens is 3. The fraction of sp³-hybridized carbons (Fsp3) is 0.455. The second-order valence-electron chi connectivity index (χ2n) is 7.91. The number of methoxy groups -OCH3 is 1. The van der Waals surface area contributed by atoms with E-state index in [1.54, 1.807) is 17.9 Å². The van der Waals surface area contributed by atoms with Crippen molar-refractivity contribution in [2.45, 2.75) is 44.8 Å². The van der Waals surface area contributed by atoms with Crippen LogP contribution in [0.25, 0.3) is 11.3 Å². The summed E-state index contributed by atoms with van der Waals surface area (Å²) in [6, 6.07) is 5.00. The van der Waals surface area contributed by atoms with Gasteiger partial charge in [0, 0.05) is 24.9 Å². The van der Waals surface area contributed by atoms with Crippen molar-refractivity contribution in [2.24, 2.45) is 5.92 Å². The molecule has 4 rings (SSSR count). The Balaban J connectivity index is 1.61. The smallest absolute Gasteiger partial charge is 0.416 e. The first-order valence-corrected chi connectivity index (χ1v) is 9.88. The summed E-state index contributed by atoms with van der Waals surface area (Å²) in [5.74, 6) is 0.0340. The number of furan rings is 1. The molecule has 8 heteroatoms. The van der Waals surface area contributed by atoms with Gasteiger partial charge in [-0.05, 0) is 56.0 Å². The number of rotatable bonds is 4. The van der Waals surface area contributed by atoms with Gasteiger partial charge in [0.05, 0.1) is 18.2 Å². The van der Waals surface area contributed by atoms with E-state index in [0.717, 1.165) is 25.0 Å². The molecule has 0 spiro atoms. The lowest BCUT2D eigenvalue weighted by Gasteiger charge is -2.34. The minimum Gasteiger partial charge on any atom is -0.496 e. The van der Waals surface area contributed by atoms with E-state index < -0.39 is 11.7 Å². The summed E-state index contributed by atoms with van der Waals surface area (Å²) in [5, 5.41) is 0. The number of nitrogens with zero attached hydrogens (tertiary/aromatic N) is 1. The number of ether oxygens (including phenoxy) is 1. The maximum atomic E-state index is 13.0. The molecule has 0 N–H and O–H groups in total. The molecule has 30 heavy (non-hydrogen) atoms. The van der Waals surface area contributed by atoms with E-state index in [1.807, 2.05) is 0 Å². The normalized spacial score (nSPS) is 21.6. The van der Waals surface area contributed by atoms with Crippen molar-refractivity contribution in [3.63, 3.8) is 0 Å². The Kier molecular flexibility index (Phi) is 5.11. The Morgan fingerprint density at radius 1 is 1.20 bits per heavy atom. The zero-order valence-corrected chi connectivity index (χ0v) is 16.7. The molecule has 0 aliphatic carbocycles. The molecule has 1 aromatic carbocycles. The van der Waals surface area contributed by atoms with Crippen molar-refractivity contribution in [3.05, 3.63) is 41.2 Å². The largest absolute Gasteiger partial charge is 0.496 e. The summed E-state index contributed by atoms with van der Waals surface area (Å²) < 4.78 is 50.0. The quantitative estimate of drug-likeness (QED) is 0.661. The molecule has 2 aromatic rings. The molecule has 2 aliphatic heterocycles. The van der Waals surface area contributed by atoms with Crippen molar-refractivity contribution in [1.82, 2.24) is 4.90 Å². The van der Waals surface area contributed by atoms with Crippen LogP contribution in [0.5, 0.6) is 5.75 Å². The lowest BCUT2D eigenvalue weighted by molar-refractivity contribution is -0.137. The van der Waals surface area contributed by atoms with E-state index in [1.165, 1.54) is 13.2 Å². The van der Waals surface area contributed by atoms with Gasteiger partial charge >= 0.3 is 6.18 Å². The number of ketones is 1. The number of carbonyl (C=O) groups excluding carboxylic acids is 2. The number of fused-ring (bicyclic) bond motifs is 1. The van der Waals surface area contributed by atoms with E-state index in [0.29, 0.717) is 36.3 Å². The Morgan fingerprint density at radius 3 is 2.67 bits per heavy atom. The van der Waals surface area contributed by atoms with Crippen LogP contribution in [0.4, 0.5) is 13.2 Å². The fourth-order valence-electron chi connectivity index (χ4n) is 4.41. The van der Waals surface area contributed by atoms with Crippen molar-refractivity contribution in [1.29, 1.82) is 0 Å². The van der Waals surface area contributed by atoms with E-state index in [-0.39, 0.29) is 35.2 Å². The summed E-state index contributed by atoms with van der Waals surface area (Å²) in [7, 11) is 1.29. The number of benzene rings is 1. The second kappa shape index (κ2) is 7.49. The van der Waals surface area contributed by atoms with Gasteiger partial charge < -0.3 is 14.1 Å². The summed E-state index contributed by atoms with van der Waals surface area (Å²) in [6.45, 7) is 2.12. The van der Waals surface area contributed by atoms with Gasteiger partial charge in [0.25, 0.3) is 0 Å². The minimum atomic E-state index is -4.49. The molecule has 2 atom stereocenters. The molecular formula is C22H22F3NO4. The van der Waals surface area contributed by atoms with E-state index in [9.17, 15) is 22.8 Å². The lowest BCUT2D eigenvalue weighted by atomic mass is 9.89. The highest BCUT2D eigenvalue weighted by atomic mass is 19.4. The van der Waals surface area contributed by atoms with E-state index in [4.69, 9.17) is 9.15 Å². The molecule has 1 amide bonds. The Labute approximate surface area is 171 Å². The van der Waals surface area contributed by atoms with E-state index in [2.05, 4.69) is 0 Å². The number of aryl methyl sites for hydroxylation is 1. The molecule has 3 heterocycles. The average molecular weight is 421 g/mol. The third-order valence-corrected chi connectivity index (χ3v) is 6.02. The predicted octanol–water partition coefficient (Wildman–Crippen LogP) is 4.87. The van der Waals surface area contributed by atoms with Gasteiger partial charge in [-0.25, -0.2) is 0 Å².